The molecule has 0 unspecified atom stereocenters. The van der Waals surface area contributed by atoms with Gasteiger partial charge in [0.05, 0.1) is 10.8 Å². The molecule has 0 amide bonds. The van der Waals surface area contributed by atoms with Crippen LogP contribution in [0.1, 0.15) is 0 Å². The SMILES string of the molecule is c1ccc(Nc2ccc3oc4c5ccccc5oc4c3c2)cc1. The molecule has 5 rings (SSSR count). The van der Waals surface area contributed by atoms with Gasteiger partial charge >= 0.3 is 0 Å². The molecule has 110 valence electrons. The molecule has 2 heterocycles. The number of hydrogen-bond acceptors (Lipinski definition) is 3. The van der Waals surface area contributed by atoms with Gasteiger partial charge in [-0.15, -0.1) is 0 Å². The normalized spacial score (nSPS) is 11.5. The lowest BCUT2D eigenvalue weighted by Gasteiger charge is -2.05. The van der Waals surface area contributed by atoms with Crippen molar-refractivity contribution in [3.05, 3.63) is 72.8 Å². The minimum Gasteiger partial charge on any atom is -0.452 e. The largest absolute Gasteiger partial charge is 0.452 e. The Balaban J connectivity index is 1.70. The maximum atomic E-state index is 5.99. The van der Waals surface area contributed by atoms with Crippen LogP contribution in [0.15, 0.2) is 81.6 Å². The fourth-order valence-electron chi connectivity index (χ4n) is 2.97. The standard InChI is InChI=1S/C20H13NO2/c1-2-6-13(7-3-1)21-14-10-11-18-16(12-14)20-19(23-18)15-8-4-5-9-17(15)22-20/h1-12,21H. The van der Waals surface area contributed by atoms with Crippen LogP contribution in [-0.4, -0.2) is 0 Å². The fourth-order valence-corrected chi connectivity index (χ4v) is 2.97. The van der Waals surface area contributed by atoms with Crippen molar-refractivity contribution in [1.29, 1.82) is 0 Å². The average Bonchev–Trinajstić information content (AvgIpc) is 3.12. The lowest BCUT2D eigenvalue weighted by Crippen LogP contribution is -1.88. The Morgan fingerprint density at radius 3 is 2.13 bits per heavy atom. The zero-order chi connectivity index (χ0) is 15.2. The molecule has 5 aromatic rings. The highest BCUT2D eigenvalue weighted by atomic mass is 16.4. The van der Waals surface area contributed by atoms with Crippen LogP contribution < -0.4 is 5.32 Å². The van der Waals surface area contributed by atoms with E-state index in [2.05, 4.69) is 11.4 Å². The van der Waals surface area contributed by atoms with Gasteiger partial charge in [0.1, 0.15) is 11.2 Å². The molecule has 0 atom stereocenters. The number of hydrogen-bond donors (Lipinski definition) is 1. The van der Waals surface area contributed by atoms with Crippen molar-refractivity contribution in [2.75, 3.05) is 5.32 Å². The van der Waals surface area contributed by atoms with Gasteiger partial charge in [-0.25, -0.2) is 0 Å². The molecule has 3 aromatic carbocycles. The molecule has 0 radical (unpaired) electrons. The first-order chi connectivity index (χ1) is 11.4. The number of anilines is 2. The lowest BCUT2D eigenvalue weighted by molar-refractivity contribution is 0.653. The van der Waals surface area contributed by atoms with Crippen LogP contribution in [0.5, 0.6) is 0 Å². The number of para-hydroxylation sites is 2. The van der Waals surface area contributed by atoms with Crippen LogP contribution in [0, 0.1) is 0 Å². The van der Waals surface area contributed by atoms with Crippen molar-refractivity contribution in [1.82, 2.24) is 0 Å². The summed E-state index contributed by atoms with van der Waals surface area (Å²) in [6, 6.07) is 24.1. The summed E-state index contributed by atoms with van der Waals surface area (Å²) >= 11 is 0. The van der Waals surface area contributed by atoms with Crippen molar-refractivity contribution in [2.24, 2.45) is 0 Å². The number of fused-ring (bicyclic) bond motifs is 5. The summed E-state index contributed by atoms with van der Waals surface area (Å²) in [5.41, 5.74) is 5.36. The molecular formula is C20H13NO2. The minimum absolute atomic E-state index is 0.804. The molecule has 0 fully saturated rings. The number of furan rings is 2. The summed E-state index contributed by atoms with van der Waals surface area (Å²) in [4.78, 5) is 0. The molecule has 0 saturated heterocycles. The van der Waals surface area contributed by atoms with Gasteiger partial charge in [0, 0.05) is 11.4 Å². The smallest absolute Gasteiger partial charge is 0.181 e. The summed E-state index contributed by atoms with van der Waals surface area (Å²) in [6.07, 6.45) is 0. The molecule has 0 aliphatic carbocycles. The number of rotatable bonds is 2. The Bertz CT molecular complexity index is 1140. The summed E-state index contributed by atoms with van der Waals surface area (Å²) < 4.78 is 12.0. The van der Waals surface area contributed by atoms with Gasteiger partial charge in [0.2, 0.25) is 0 Å². The summed E-state index contributed by atoms with van der Waals surface area (Å²) in [7, 11) is 0. The average molecular weight is 299 g/mol. The van der Waals surface area contributed by atoms with Gasteiger partial charge in [0.15, 0.2) is 11.2 Å². The number of nitrogens with one attached hydrogen (secondary N) is 1. The second-order valence-corrected chi connectivity index (χ2v) is 5.56. The second-order valence-electron chi connectivity index (χ2n) is 5.56. The molecule has 23 heavy (non-hydrogen) atoms. The van der Waals surface area contributed by atoms with E-state index in [1.807, 2.05) is 66.7 Å². The molecule has 0 spiro atoms. The quantitative estimate of drug-likeness (QED) is 0.429. The van der Waals surface area contributed by atoms with E-state index < -0.39 is 0 Å². The van der Waals surface area contributed by atoms with E-state index in [1.165, 1.54) is 0 Å². The Kier molecular flexibility index (Phi) is 2.50. The Labute approximate surface area is 132 Å². The van der Waals surface area contributed by atoms with E-state index in [-0.39, 0.29) is 0 Å². The number of benzene rings is 3. The zero-order valence-corrected chi connectivity index (χ0v) is 12.2. The van der Waals surface area contributed by atoms with E-state index >= 15 is 0 Å². The highest BCUT2D eigenvalue weighted by Crippen LogP contribution is 2.37. The molecule has 3 heteroatoms. The Morgan fingerprint density at radius 2 is 1.26 bits per heavy atom. The summed E-state index contributed by atoms with van der Waals surface area (Å²) in [5, 5.41) is 5.39. The second kappa shape index (κ2) is 4.65. The molecule has 3 nitrogen and oxygen atoms in total. The molecule has 1 N–H and O–H groups in total. The molecule has 2 aromatic heterocycles. The van der Waals surface area contributed by atoms with Crippen molar-refractivity contribution < 1.29 is 8.83 Å². The van der Waals surface area contributed by atoms with Crippen molar-refractivity contribution in [2.45, 2.75) is 0 Å². The van der Waals surface area contributed by atoms with Crippen LogP contribution in [-0.2, 0) is 0 Å². The Hall–Kier alpha value is -3.20. The molecule has 0 aliphatic heterocycles. The summed E-state index contributed by atoms with van der Waals surface area (Å²) in [5.74, 6) is 0. The van der Waals surface area contributed by atoms with E-state index in [1.54, 1.807) is 0 Å². The fraction of sp³-hybridized carbons (Fsp3) is 0. The van der Waals surface area contributed by atoms with E-state index in [0.717, 1.165) is 44.5 Å². The molecule has 0 saturated carbocycles. The van der Waals surface area contributed by atoms with E-state index in [0.29, 0.717) is 0 Å². The first kappa shape index (κ1) is 12.4. The predicted molar refractivity (Wildman–Crippen MR) is 93.2 cm³/mol. The van der Waals surface area contributed by atoms with Gasteiger partial charge in [-0.3, -0.25) is 0 Å². The maximum absolute atomic E-state index is 5.99. The molecule has 0 aliphatic rings. The van der Waals surface area contributed by atoms with Crippen molar-refractivity contribution in [3.63, 3.8) is 0 Å². The third kappa shape index (κ3) is 1.90. The summed E-state index contributed by atoms with van der Waals surface area (Å²) in [6.45, 7) is 0. The monoisotopic (exact) mass is 299 g/mol. The van der Waals surface area contributed by atoms with E-state index in [9.17, 15) is 0 Å². The highest BCUT2D eigenvalue weighted by molar-refractivity contribution is 6.13. The topological polar surface area (TPSA) is 38.3 Å². The first-order valence-corrected chi connectivity index (χ1v) is 7.54. The van der Waals surface area contributed by atoms with Gasteiger partial charge in [-0.1, -0.05) is 30.3 Å². The lowest BCUT2D eigenvalue weighted by atomic mass is 10.2. The molecule has 0 bridgehead atoms. The van der Waals surface area contributed by atoms with Crippen molar-refractivity contribution >= 4 is 44.5 Å². The van der Waals surface area contributed by atoms with Crippen LogP contribution in [0.3, 0.4) is 0 Å². The highest BCUT2D eigenvalue weighted by Gasteiger charge is 2.15. The van der Waals surface area contributed by atoms with E-state index in [4.69, 9.17) is 8.83 Å². The van der Waals surface area contributed by atoms with Gasteiger partial charge in [-0.05, 0) is 42.5 Å². The third-order valence-electron chi connectivity index (χ3n) is 4.05. The first-order valence-electron chi connectivity index (χ1n) is 7.54. The van der Waals surface area contributed by atoms with Crippen molar-refractivity contribution in [3.8, 4) is 0 Å². The predicted octanol–water partition coefficient (Wildman–Crippen LogP) is 6.08. The zero-order valence-electron chi connectivity index (χ0n) is 12.2. The van der Waals surface area contributed by atoms with Crippen LogP contribution >= 0.6 is 0 Å². The van der Waals surface area contributed by atoms with Gasteiger partial charge in [-0.2, -0.15) is 0 Å². The Morgan fingerprint density at radius 1 is 0.565 bits per heavy atom. The van der Waals surface area contributed by atoms with Crippen LogP contribution in [0.4, 0.5) is 11.4 Å². The molecular weight excluding hydrogens is 286 g/mol. The minimum atomic E-state index is 0.804. The van der Waals surface area contributed by atoms with Crippen LogP contribution in [0.2, 0.25) is 0 Å². The maximum Gasteiger partial charge on any atom is 0.181 e. The third-order valence-corrected chi connectivity index (χ3v) is 4.05. The van der Waals surface area contributed by atoms with Crippen LogP contribution in [0.25, 0.3) is 33.1 Å². The van der Waals surface area contributed by atoms with Gasteiger partial charge < -0.3 is 14.2 Å². The van der Waals surface area contributed by atoms with Gasteiger partial charge in [0.25, 0.3) is 0 Å².